The van der Waals surface area contributed by atoms with Gasteiger partial charge in [-0.3, -0.25) is 0 Å². The van der Waals surface area contributed by atoms with Crippen LogP contribution < -0.4 is 0 Å². The number of nitriles is 1. The Balaban J connectivity index is 2.01. The van der Waals surface area contributed by atoms with Gasteiger partial charge in [0.25, 0.3) is 0 Å². The van der Waals surface area contributed by atoms with Crippen molar-refractivity contribution < 1.29 is 0 Å². The van der Waals surface area contributed by atoms with Crippen LogP contribution in [-0.2, 0) is 6.54 Å². The van der Waals surface area contributed by atoms with Crippen molar-refractivity contribution >= 4 is 0 Å². The summed E-state index contributed by atoms with van der Waals surface area (Å²) in [5, 5.41) is 9.27. The first-order chi connectivity index (χ1) is 8.54. The van der Waals surface area contributed by atoms with Crippen molar-refractivity contribution in [2.45, 2.75) is 39.7 Å². The molecule has 1 aliphatic carbocycles. The monoisotopic (exact) mass is 242 g/mol. The molecule has 2 heteroatoms. The van der Waals surface area contributed by atoms with Gasteiger partial charge in [0.15, 0.2) is 0 Å². The molecule has 0 spiro atoms. The molecule has 2 rings (SSSR count). The second-order valence-corrected chi connectivity index (χ2v) is 5.85. The summed E-state index contributed by atoms with van der Waals surface area (Å²) in [7, 11) is 2.12. The molecule has 0 atom stereocenters. The molecular formula is C16H22N2. The average Bonchev–Trinajstić information content (AvgIpc) is 2.28. The molecule has 0 heterocycles. The maximum atomic E-state index is 9.27. The molecule has 2 nitrogen and oxygen atoms in total. The highest BCUT2D eigenvalue weighted by molar-refractivity contribution is 5.30. The Bertz CT molecular complexity index is 466. The van der Waals surface area contributed by atoms with Crippen molar-refractivity contribution in [3.63, 3.8) is 0 Å². The van der Waals surface area contributed by atoms with E-state index in [4.69, 9.17) is 0 Å². The molecule has 0 N–H and O–H groups in total. The maximum Gasteiger partial charge on any atom is 0.0703 e. The van der Waals surface area contributed by atoms with Crippen molar-refractivity contribution in [2.75, 3.05) is 13.6 Å². The second-order valence-electron chi connectivity index (χ2n) is 5.85. The van der Waals surface area contributed by atoms with Crippen LogP contribution in [0.5, 0.6) is 0 Å². The fourth-order valence-corrected chi connectivity index (χ4v) is 2.74. The lowest BCUT2D eigenvalue weighted by molar-refractivity contribution is 0.134. The minimum atomic E-state index is -0.0630. The largest absolute Gasteiger partial charge is 0.301 e. The van der Waals surface area contributed by atoms with Crippen molar-refractivity contribution in [1.82, 2.24) is 4.90 Å². The molecule has 1 aliphatic rings. The van der Waals surface area contributed by atoms with Gasteiger partial charge in [-0.05, 0) is 44.9 Å². The summed E-state index contributed by atoms with van der Waals surface area (Å²) < 4.78 is 0. The van der Waals surface area contributed by atoms with E-state index < -0.39 is 0 Å². The van der Waals surface area contributed by atoms with Gasteiger partial charge in [0.1, 0.15) is 0 Å². The van der Waals surface area contributed by atoms with Crippen molar-refractivity contribution in [1.29, 1.82) is 5.26 Å². The molecule has 1 saturated carbocycles. The summed E-state index contributed by atoms with van der Waals surface area (Å²) in [6.45, 7) is 6.13. The number of hydrogen-bond acceptors (Lipinski definition) is 2. The van der Waals surface area contributed by atoms with Crippen LogP contribution in [0.15, 0.2) is 18.2 Å². The van der Waals surface area contributed by atoms with E-state index in [0.29, 0.717) is 0 Å². The minimum Gasteiger partial charge on any atom is -0.301 e. The molecule has 0 saturated heterocycles. The molecule has 0 radical (unpaired) electrons. The van der Waals surface area contributed by atoms with Gasteiger partial charge in [-0.2, -0.15) is 5.26 Å². The number of hydrogen-bond donors (Lipinski definition) is 0. The lowest BCUT2D eigenvalue weighted by Gasteiger charge is -2.38. The Morgan fingerprint density at radius 2 is 2.06 bits per heavy atom. The fourth-order valence-electron chi connectivity index (χ4n) is 2.74. The lowest BCUT2D eigenvalue weighted by Crippen LogP contribution is -2.39. The second kappa shape index (κ2) is 5.12. The summed E-state index contributed by atoms with van der Waals surface area (Å²) in [4.78, 5) is 2.30. The Morgan fingerprint density at radius 1 is 1.33 bits per heavy atom. The third-order valence-corrected chi connectivity index (χ3v) is 4.07. The highest BCUT2D eigenvalue weighted by Gasteiger charge is 2.37. The zero-order valence-electron chi connectivity index (χ0n) is 11.7. The molecule has 0 bridgehead atoms. The first kappa shape index (κ1) is 13.1. The van der Waals surface area contributed by atoms with Crippen LogP contribution in [0.1, 0.15) is 36.0 Å². The smallest absolute Gasteiger partial charge is 0.0703 e. The lowest BCUT2D eigenvalue weighted by atomic mass is 9.69. The van der Waals surface area contributed by atoms with E-state index in [2.05, 4.69) is 50.1 Å². The molecule has 96 valence electrons. The van der Waals surface area contributed by atoms with Gasteiger partial charge >= 0.3 is 0 Å². The molecule has 0 amide bonds. The van der Waals surface area contributed by atoms with E-state index in [1.165, 1.54) is 23.1 Å². The fraction of sp³-hybridized carbons (Fsp3) is 0.562. The van der Waals surface area contributed by atoms with E-state index >= 15 is 0 Å². The third kappa shape index (κ3) is 2.73. The van der Waals surface area contributed by atoms with E-state index in [0.717, 1.165) is 25.9 Å². The molecule has 0 aromatic heterocycles. The Labute approximate surface area is 110 Å². The molecular weight excluding hydrogens is 220 g/mol. The average molecular weight is 242 g/mol. The quantitative estimate of drug-likeness (QED) is 0.809. The Morgan fingerprint density at radius 3 is 2.61 bits per heavy atom. The van der Waals surface area contributed by atoms with Crippen molar-refractivity contribution in [3.05, 3.63) is 34.9 Å². The van der Waals surface area contributed by atoms with E-state index in [9.17, 15) is 5.26 Å². The molecule has 1 aromatic rings. The maximum absolute atomic E-state index is 9.27. The van der Waals surface area contributed by atoms with Gasteiger partial charge in [-0.15, -0.1) is 0 Å². The van der Waals surface area contributed by atoms with Crippen molar-refractivity contribution in [3.8, 4) is 6.07 Å². The normalized spacial score (nSPS) is 17.3. The van der Waals surface area contributed by atoms with E-state index in [1.54, 1.807) is 0 Å². The summed E-state index contributed by atoms with van der Waals surface area (Å²) >= 11 is 0. The standard InChI is InChI=1S/C16H22N2/c1-13-5-6-14(2)15(9-13)10-18(3)12-16(11-17)7-4-8-16/h5-6,9H,4,7-8,10,12H2,1-3H3. The zero-order chi connectivity index (χ0) is 13.2. The van der Waals surface area contributed by atoms with Crippen LogP contribution in [0.25, 0.3) is 0 Å². The van der Waals surface area contributed by atoms with E-state index in [1.807, 2.05) is 0 Å². The third-order valence-electron chi connectivity index (χ3n) is 4.07. The number of aryl methyl sites for hydroxylation is 2. The van der Waals surface area contributed by atoms with Crippen LogP contribution in [-0.4, -0.2) is 18.5 Å². The van der Waals surface area contributed by atoms with Crippen LogP contribution in [0.2, 0.25) is 0 Å². The number of nitrogens with zero attached hydrogens (tertiary/aromatic N) is 2. The van der Waals surface area contributed by atoms with Crippen molar-refractivity contribution in [2.24, 2.45) is 5.41 Å². The number of rotatable bonds is 4. The summed E-state index contributed by atoms with van der Waals surface area (Å²) in [6.07, 6.45) is 3.35. The predicted molar refractivity (Wildman–Crippen MR) is 74.1 cm³/mol. The van der Waals surface area contributed by atoms with Crippen LogP contribution in [0.3, 0.4) is 0 Å². The zero-order valence-corrected chi connectivity index (χ0v) is 11.7. The van der Waals surface area contributed by atoms with Gasteiger partial charge < -0.3 is 4.90 Å². The molecule has 0 aliphatic heterocycles. The molecule has 1 fully saturated rings. The summed E-state index contributed by atoms with van der Waals surface area (Å²) in [5.74, 6) is 0. The van der Waals surface area contributed by atoms with Gasteiger partial charge in [0, 0.05) is 13.1 Å². The molecule has 18 heavy (non-hydrogen) atoms. The SMILES string of the molecule is Cc1ccc(C)c(CN(C)CC2(C#N)CCC2)c1. The predicted octanol–water partition coefficient (Wildman–Crippen LogP) is 3.43. The van der Waals surface area contributed by atoms with Crippen LogP contribution >= 0.6 is 0 Å². The highest BCUT2D eigenvalue weighted by Crippen LogP contribution is 2.40. The van der Waals surface area contributed by atoms with Gasteiger partial charge in [0.05, 0.1) is 11.5 Å². The van der Waals surface area contributed by atoms with Gasteiger partial charge in [-0.1, -0.05) is 30.2 Å². The van der Waals surface area contributed by atoms with Crippen LogP contribution in [0.4, 0.5) is 0 Å². The first-order valence-electron chi connectivity index (χ1n) is 6.71. The topological polar surface area (TPSA) is 27.0 Å². The van der Waals surface area contributed by atoms with Gasteiger partial charge in [0.2, 0.25) is 0 Å². The highest BCUT2D eigenvalue weighted by atomic mass is 15.1. The number of benzene rings is 1. The minimum absolute atomic E-state index is 0.0630. The molecule has 1 aromatic carbocycles. The first-order valence-corrected chi connectivity index (χ1v) is 6.71. The van der Waals surface area contributed by atoms with Gasteiger partial charge in [-0.25, -0.2) is 0 Å². The molecule has 0 unspecified atom stereocenters. The summed E-state index contributed by atoms with van der Waals surface area (Å²) in [6, 6.07) is 9.11. The Kier molecular flexibility index (Phi) is 3.73. The summed E-state index contributed by atoms with van der Waals surface area (Å²) in [5.41, 5.74) is 3.96. The van der Waals surface area contributed by atoms with Crippen LogP contribution in [0, 0.1) is 30.6 Å². The Hall–Kier alpha value is -1.33. The van der Waals surface area contributed by atoms with E-state index in [-0.39, 0.29) is 5.41 Å².